The summed E-state index contributed by atoms with van der Waals surface area (Å²) in [5, 5.41) is 0. The van der Waals surface area contributed by atoms with Crippen molar-refractivity contribution < 1.29 is 13.2 Å². The zero-order chi connectivity index (χ0) is 17.3. The highest BCUT2D eigenvalue weighted by atomic mass is 32.2. The maximum atomic E-state index is 12.8. The Bertz CT molecular complexity index is 831. The Kier molecular flexibility index (Phi) is 4.76. The molecule has 1 saturated heterocycles. The fraction of sp³-hybridized carbons (Fsp3) is 0.353. The third-order valence-electron chi connectivity index (χ3n) is 4.15. The van der Waals surface area contributed by atoms with Crippen molar-refractivity contribution in [2.45, 2.75) is 24.1 Å². The molecule has 1 aliphatic rings. The van der Waals surface area contributed by atoms with E-state index in [-0.39, 0.29) is 11.9 Å². The van der Waals surface area contributed by atoms with E-state index in [0.717, 1.165) is 4.88 Å². The fourth-order valence-electron chi connectivity index (χ4n) is 2.91. The minimum absolute atomic E-state index is 0.0496. The van der Waals surface area contributed by atoms with E-state index in [1.807, 2.05) is 38.1 Å². The van der Waals surface area contributed by atoms with E-state index in [9.17, 15) is 13.2 Å². The summed E-state index contributed by atoms with van der Waals surface area (Å²) in [6.45, 7) is 4.87. The number of sulfonamides is 1. The van der Waals surface area contributed by atoms with Crippen molar-refractivity contribution in [2.24, 2.45) is 0 Å². The SMILES string of the molecule is Cc1ccc(S(=O)(=O)N2CCN(C(=O)c3ccccc3)CC2C)s1. The molecule has 1 amide bonds. The van der Waals surface area contributed by atoms with Crippen LogP contribution in [0.3, 0.4) is 0 Å². The highest BCUT2D eigenvalue weighted by Gasteiger charge is 2.35. The lowest BCUT2D eigenvalue weighted by atomic mass is 10.1. The Morgan fingerprint density at radius 3 is 2.42 bits per heavy atom. The molecule has 0 radical (unpaired) electrons. The molecule has 2 aromatic rings. The average molecular weight is 364 g/mol. The van der Waals surface area contributed by atoms with E-state index >= 15 is 0 Å². The Morgan fingerprint density at radius 1 is 1.12 bits per heavy atom. The number of nitrogens with zero attached hydrogens (tertiary/aromatic N) is 2. The van der Waals surface area contributed by atoms with Gasteiger partial charge in [-0.2, -0.15) is 4.31 Å². The van der Waals surface area contributed by atoms with Crippen LogP contribution < -0.4 is 0 Å². The van der Waals surface area contributed by atoms with E-state index in [1.54, 1.807) is 23.1 Å². The molecule has 0 saturated carbocycles. The Hall–Kier alpha value is -1.70. The zero-order valence-corrected chi connectivity index (χ0v) is 15.3. The predicted octanol–water partition coefficient (Wildman–Crippen LogP) is 2.59. The maximum absolute atomic E-state index is 12.8. The van der Waals surface area contributed by atoms with Crippen LogP contribution in [-0.2, 0) is 10.0 Å². The lowest BCUT2D eigenvalue weighted by Crippen LogP contribution is -2.55. The molecular weight excluding hydrogens is 344 g/mol. The van der Waals surface area contributed by atoms with Crippen LogP contribution in [0.15, 0.2) is 46.7 Å². The molecule has 2 heterocycles. The second kappa shape index (κ2) is 6.66. The van der Waals surface area contributed by atoms with Crippen molar-refractivity contribution in [1.82, 2.24) is 9.21 Å². The van der Waals surface area contributed by atoms with Gasteiger partial charge in [-0.1, -0.05) is 18.2 Å². The second-order valence-corrected chi connectivity index (χ2v) is 9.35. The van der Waals surface area contributed by atoms with Crippen LogP contribution in [0.4, 0.5) is 0 Å². The number of carbonyl (C=O) groups is 1. The molecule has 128 valence electrons. The van der Waals surface area contributed by atoms with Crippen molar-refractivity contribution in [1.29, 1.82) is 0 Å². The van der Waals surface area contributed by atoms with Crippen LogP contribution in [0.5, 0.6) is 0 Å². The summed E-state index contributed by atoms with van der Waals surface area (Å²) in [6, 6.07) is 12.3. The van der Waals surface area contributed by atoms with E-state index in [2.05, 4.69) is 0 Å². The molecule has 0 spiro atoms. The normalized spacial score (nSPS) is 19.4. The van der Waals surface area contributed by atoms with E-state index in [1.165, 1.54) is 15.6 Å². The van der Waals surface area contributed by atoms with Gasteiger partial charge in [-0.3, -0.25) is 4.79 Å². The molecule has 1 aromatic heterocycles. The number of rotatable bonds is 3. The van der Waals surface area contributed by atoms with Crippen molar-refractivity contribution in [2.75, 3.05) is 19.6 Å². The monoisotopic (exact) mass is 364 g/mol. The van der Waals surface area contributed by atoms with Gasteiger partial charge in [-0.15, -0.1) is 11.3 Å². The molecule has 0 N–H and O–H groups in total. The Labute approximate surface area is 146 Å². The summed E-state index contributed by atoms with van der Waals surface area (Å²) in [7, 11) is -3.49. The van der Waals surface area contributed by atoms with Gasteiger partial charge >= 0.3 is 0 Å². The number of benzene rings is 1. The maximum Gasteiger partial charge on any atom is 0.253 e. The van der Waals surface area contributed by atoms with E-state index in [0.29, 0.717) is 29.4 Å². The lowest BCUT2D eigenvalue weighted by Gasteiger charge is -2.38. The molecule has 5 nitrogen and oxygen atoms in total. The van der Waals surface area contributed by atoms with Crippen molar-refractivity contribution >= 4 is 27.3 Å². The van der Waals surface area contributed by atoms with Crippen molar-refractivity contribution in [3.63, 3.8) is 0 Å². The number of amides is 1. The van der Waals surface area contributed by atoms with Crippen LogP contribution >= 0.6 is 11.3 Å². The van der Waals surface area contributed by atoms with E-state index < -0.39 is 10.0 Å². The molecule has 7 heteroatoms. The van der Waals surface area contributed by atoms with Gasteiger partial charge in [0, 0.05) is 36.1 Å². The Morgan fingerprint density at radius 2 is 1.83 bits per heavy atom. The molecule has 0 aliphatic carbocycles. The van der Waals surface area contributed by atoms with Gasteiger partial charge in [-0.25, -0.2) is 8.42 Å². The molecule has 1 aromatic carbocycles. The summed E-state index contributed by atoms with van der Waals surface area (Å²) in [6.07, 6.45) is 0. The second-order valence-electron chi connectivity index (χ2n) is 5.95. The molecule has 3 rings (SSSR count). The molecule has 1 atom stereocenters. The molecule has 0 bridgehead atoms. The number of piperazine rings is 1. The number of hydrogen-bond donors (Lipinski definition) is 0. The standard InChI is InChI=1S/C17H20N2O3S2/c1-13-12-18(17(20)15-6-4-3-5-7-15)10-11-19(13)24(21,22)16-9-8-14(2)23-16/h3-9,13H,10-12H2,1-2H3. The fourth-order valence-corrected chi connectivity index (χ4v) is 5.94. The van der Waals surface area contributed by atoms with Gasteiger partial charge in [-0.05, 0) is 38.1 Å². The summed E-state index contributed by atoms with van der Waals surface area (Å²) < 4.78 is 27.5. The molecule has 1 aliphatic heterocycles. The predicted molar refractivity (Wildman–Crippen MR) is 94.8 cm³/mol. The molecule has 1 unspecified atom stereocenters. The largest absolute Gasteiger partial charge is 0.336 e. The molecule has 24 heavy (non-hydrogen) atoms. The first-order valence-corrected chi connectivity index (χ1v) is 10.1. The van der Waals surface area contributed by atoms with E-state index in [4.69, 9.17) is 0 Å². The lowest BCUT2D eigenvalue weighted by molar-refractivity contribution is 0.0642. The van der Waals surface area contributed by atoms with Gasteiger partial charge in [0.05, 0.1) is 0 Å². The summed E-state index contributed by atoms with van der Waals surface area (Å²) in [4.78, 5) is 15.2. The van der Waals surface area contributed by atoms with Crippen LogP contribution in [0.2, 0.25) is 0 Å². The Balaban J connectivity index is 1.75. The number of carbonyl (C=O) groups excluding carboxylic acids is 1. The smallest absolute Gasteiger partial charge is 0.253 e. The van der Waals surface area contributed by atoms with Crippen LogP contribution in [0.1, 0.15) is 22.2 Å². The first-order valence-electron chi connectivity index (χ1n) is 7.82. The minimum Gasteiger partial charge on any atom is -0.336 e. The summed E-state index contributed by atoms with van der Waals surface area (Å²) in [5.41, 5.74) is 0.634. The van der Waals surface area contributed by atoms with Gasteiger partial charge in [0.25, 0.3) is 15.9 Å². The quantitative estimate of drug-likeness (QED) is 0.841. The van der Waals surface area contributed by atoms with Gasteiger partial charge in [0.1, 0.15) is 4.21 Å². The first kappa shape index (κ1) is 17.1. The number of hydrogen-bond acceptors (Lipinski definition) is 4. The zero-order valence-electron chi connectivity index (χ0n) is 13.7. The van der Waals surface area contributed by atoms with Gasteiger partial charge in [0.2, 0.25) is 0 Å². The van der Waals surface area contributed by atoms with Crippen LogP contribution in [0.25, 0.3) is 0 Å². The average Bonchev–Trinajstić information content (AvgIpc) is 3.02. The topological polar surface area (TPSA) is 57.7 Å². The number of thiophene rings is 1. The van der Waals surface area contributed by atoms with Gasteiger partial charge in [0.15, 0.2) is 0 Å². The third-order valence-corrected chi connectivity index (χ3v) is 7.63. The van der Waals surface area contributed by atoms with Crippen molar-refractivity contribution in [3.8, 4) is 0 Å². The van der Waals surface area contributed by atoms with Crippen LogP contribution in [-0.4, -0.2) is 49.2 Å². The van der Waals surface area contributed by atoms with Crippen LogP contribution in [0, 0.1) is 6.92 Å². The van der Waals surface area contributed by atoms with Crippen molar-refractivity contribution in [3.05, 3.63) is 52.9 Å². The first-order chi connectivity index (χ1) is 11.4. The third kappa shape index (κ3) is 3.24. The number of aryl methyl sites for hydroxylation is 1. The minimum atomic E-state index is -3.49. The highest BCUT2D eigenvalue weighted by Crippen LogP contribution is 2.27. The summed E-state index contributed by atoms with van der Waals surface area (Å²) >= 11 is 1.28. The van der Waals surface area contributed by atoms with Gasteiger partial charge < -0.3 is 4.90 Å². The molecular formula is C17H20N2O3S2. The summed E-state index contributed by atoms with van der Waals surface area (Å²) in [5.74, 6) is -0.0496. The highest BCUT2D eigenvalue weighted by molar-refractivity contribution is 7.91. The molecule has 1 fully saturated rings.